The number of hydrogen-bond donors (Lipinski definition) is 1. The molecular weight excluding hydrogens is 296 g/mol. The quantitative estimate of drug-likeness (QED) is 0.876. The average Bonchev–Trinajstić information content (AvgIpc) is 2.55. The van der Waals surface area contributed by atoms with Gasteiger partial charge in [0.25, 0.3) is 5.56 Å². The van der Waals surface area contributed by atoms with Gasteiger partial charge in [0.05, 0.1) is 12.8 Å². The van der Waals surface area contributed by atoms with Gasteiger partial charge in [0.1, 0.15) is 17.4 Å². The minimum absolute atomic E-state index is 0.0195. The molecule has 0 aliphatic carbocycles. The van der Waals surface area contributed by atoms with Gasteiger partial charge in [-0.05, 0) is 26.0 Å². The first-order valence-electron chi connectivity index (χ1n) is 6.95. The zero-order valence-electron chi connectivity index (χ0n) is 13.1. The molecule has 0 unspecified atom stereocenters. The lowest BCUT2D eigenvalue weighted by Crippen LogP contribution is -2.20. The number of nitriles is 1. The summed E-state index contributed by atoms with van der Waals surface area (Å²) in [5, 5.41) is 27.2. The molecule has 2 rings (SSSR count). The summed E-state index contributed by atoms with van der Waals surface area (Å²) in [6.45, 7) is 3.47. The van der Waals surface area contributed by atoms with E-state index in [-0.39, 0.29) is 23.7 Å². The van der Waals surface area contributed by atoms with Crippen molar-refractivity contribution in [1.82, 2.24) is 4.57 Å². The molecule has 0 radical (unpaired) electrons. The third-order valence-electron chi connectivity index (χ3n) is 3.40. The van der Waals surface area contributed by atoms with Gasteiger partial charge < -0.3 is 9.84 Å². The Hall–Kier alpha value is -3.14. The van der Waals surface area contributed by atoms with Crippen LogP contribution in [0.1, 0.15) is 18.1 Å². The van der Waals surface area contributed by atoms with Crippen LogP contribution < -0.4 is 10.3 Å². The van der Waals surface area contributed by atoms with E-state index in [1.807, 2.05) is 6.07 Å². The summed E-state index contributed by atoms with van der Waals surface area (Å²) in [6.07, 6.45) is 0. The van der Waals surface area contributed by atoms with E-state index in [1.54, 1.807) is 45.2 Å². The fourth-order valence-corrected chi connectivity index (χ4v) is 2.13. The number of nitrogens with zero attached hydrogens (tertiary/aromatic N) is 4. The maximum absolute atomic E-state index is 12.4. The number of azo groups is 1. The molecule has 0 fully saturated rings. The summed E-state index contributed by atoms with van der Waals surface area (Å²) >= 11 is 0. The van der Waals surface area contributed by atoms with Gasteiger partial charge in [0.2, 0.25) is 5.88 Å². The Balaban J connectivity index is 2.57. The van der Waals surface area contributed by atoms with E-state index in [2.05, 4.69) is 10.2 Å². The lowest BCUT2D eigenvalue weighted by Gasteiger charge is -2.10. The van der Waals surface area contributed by atoms with E-state index in [0.717, 1.165) is 4.57 Å². The number of ether oxygens (including phenoxy) is 1. The van der Waals surface area contributed by atoms with Crippen LogP contribution in [-0.2, 0) is 6.54 Å². The van der Waals surface area contributed by atoms with Gasteiger partial charge in [-0.2, -0.15) is 10.4 Å². The van der Waals surface area contributed by atoms with Gasteiger partial charge in [0, 0.05) is 18.2 Å². The summed E-state index contributed by atoms with van der Waals surface area (Å²) in [7, 11) is 1.54. The second-order valence-corrected chi connectivity index (χ2v) is 4.73. The smallest absolute Gasteiger partial charge is 0.281 e. The molecule has 0 spiro atoms. The lowest BCUT2D eigenvalue weighted by atomic mass is 10.1. The highest BCUT2D eigenvalue weighted by Gasteiger charge is 2.18. The Kier molecular flexibility index (Phi) is 4.76. The van der Waals surface area contributed by atoms with Crippen molar-refractivity contribution in [2.24, 2.45) is 10.2 Å². The van der Waals surface area contributed by atoms with Crippen molar-refractivity contribution in [3.05, 3.63) is 45.7 Å². The minimum Gasteiger partial charge on any atom is -0.497 e. The van der Waals surface area contributed by atoms with E-state index in [9.17, 15) is 15.2 Å². The maximum atomic E-state index is 12.4. The number of aromatic hydroxyl groups is 1. The molecule has 0 aliphatic heterocycles. The number of hydrogen-bond acceptors (Lipinski definition) is 6. The first kappa shape index (κ1) is 16.2. The molecule has 0 atom stereocenters. The molecule has 7 heteroatoms. The normalized spacial score (nSPS) is 10.7. The zero-order chi connectivity index (χ0) is 17.0. The summed E-state index contributed by atoms with van der Waals surface area (Å²) in [6, 6.07) is 8.79. The predicted octanol–water partition coefficient (Wildman–Crippen LogP) is 3.18. The molecule has 0 aliphatic rings. The minimum atomic E-state index is -0.492. The van der Waals surface area contributed by atoms with Crippen molar-refractivity contribution < 1.29 is 9.84 Å². The molecule has 1 heterocycles. The third kappa shape index (κ3) is 3.06. The maximum Gasteiger partial charge on any atom is 0.281 e. The number of benzene rings is 1. The summed E-state index contributed by atoms with van der Waals surface area (Å²) in [5.41, 5.74) is 0.368. The fourth-order valence-electron chi connectivity index (χ4n) is 2.13. The van der Waals surface area contributed by atoms with Crippen molar-refractivity contribution >= 4 is 11.4 Å². The molecular formula is C16H16N4O3. The first-order chi connectivity index (χ1) is 11.0. The zero-order valence-corrected chi connectivity index (χ0v) is 13.1. The third-order valence-corrected chi connectivity index (χ3v) is 3.40. The number of rotatable bonds is 4. The van der Waals surface area contributed by atoms with Crippen molar-refractivity contribution in [2.45, 2.75) is 20.4 Å². The second-order valence-electron chi connectivity index (χ2n) is 4.73. The van der Waals surface area contributed by atoms with Crippen molar-refractivity contribution in [3.63, 3.8) is 0 Å². The number of pyridine rings is 1. The second kappa shape index (κ2) is 6.75. The molecule has 1 aromatic carbocycles. The largest absolute Gasteiger partial charge is 0.497 e. The topological polar surface area (TPSA) is 100.0 Å². The molecule has 0 bridgehead atoms. The van der Waals surface area contributed by atoms with Crippen LogP contribution in [0.4, 0.5) is 11.4 Å². The van der Waals surface area contributed by atoms with Crippen LogP contribution in [-0.4, -0.2) is 16.8 Å². The van der Waals surface area contributed by atoms with Crippen molar-refractivity contribution in [2.75, 3.05) is 7.11 Å². The average molecular weight is 312 g/mol. The van der Waals surface area contributed by atoms with E-state index in [4.69, 9.17) is 4.74 Å². The van der Waals surface area contributed by atoms with Crippen LogP contribution in [0.5, 0.6) is 11.6 Å². The van der Waals surface area contributed by atoms with E-state index in [1.165, 1.54) is 0 Å². The molecule has 23 heavy (non-hydrogen) atoms. The van der Waals surface area contributed by atoms with Crippen LogP contribution in [0, 0.1) is 18.3 Å². The van der Waals surface area contributed by atoms with Gasteiger partial charge in [-0.25, -0.2) is 0 Å². The fraction of sp³-hybridized carbons (Fsp3) is 0.250. The van der Waals surface area contributed by atoms with Gasteiger partial charge in [-0.15, -0.1) is 5.11 Å². The molecule has 0 saturated carbocycles. The SMILES string of the molecule is CCn1c(O)c(C#N)c(C)c(N=Nc2cccc(OC)c2)c1=O. The Morgan fingerprint density at radius 3 is 2.74 bits per heavy atom. The first-order valence-corrected chi connectivity index (χ1v) is 6.95. The van der Waals surface area contributed by atoms with E-state index < -0.39 is 5.56 Å². The van der Waals surface area contributed by atoms with Crippen molar-refractivity contribution in [3.8, 4) is 17.7 Å². The van der Waals surface area contributed by atoms with Crippen molar-refractivity contribution in [1.29, 1.82) is 5.26 Å². The molecule has 1 N–H and O–H groups in total. The van der Waals surface area contributed by atoms with Crippen LogP contribution in [0.2, 0.25) is 0 Å². The molecule has 1 aromatic heterocycles. The van der Waals surface area contributed by atoms with E-state index in [0.29, 0.717) is 17.0 Å². The molecule has 7 nitrogen and oxygen atoms in total. The van der Waals surface area contributed by atoms with Crippen LogP contribution in [0.15, 0.2) is 39.3 Å². The number of aromatic nitrogens is 1. The summed E-state index contributed by atoms with van der Waals surface area (Å²) in [5.74, 6) is 0.269. The Bertz CT molecular complexity index is 863. The molecule has 0 amide bonds. The van der Waals surface area contributed by atoms with Gasteiger partial charge >= 0.3 is 0 Å². The van der Waals surface area contributed by atoms with E-state index >= 15 is 0 Å². The Labute approximate surface area is 133 Å². The Morgan fingerprint density at radius 2 is 2.13 bits per heavy atom. The monoisotopic (exact) mass is 312 g/mol. The highest BCUT2D eigenvalue weighted by Crippen LogP contribution is 2.27. The highest BCUT2D eigenvalue weighted by molar-refractivity contribution is 5.56. The van der Waals surface area contributed by atoms with Crippen LogP contribution >= 0.6 is 0 Å². The lowest BCUT2D eigenvalue weighted by molar-refractivity contribution is 0.409. The Morgan fingerprint density at radius 1 is 1.39 bits per heavy atom. The molecule has 2 aromatic rings. The van der Waals surface area contributed by atoms with Gasteiger partial charge in [-0.1, -0.05) is 6.07 Å². The highest BCUT2D eigenvalue weighted by atomic mass is 16.5. The standard InChI is InChI=1S/C16H16N4O3/c1-4-20-15(21)13(9-17)10(2)14(16(20)22)19-18-11-6-5-7-12(8-11)23-3/h5-8,21H,4H2,1-3H3. The summed E-state index contributed by atoms with van der Waals surface area (Å²) in [4.78, 5) is 12.4. The molecule has 0 saturated heterocycles. The van der Waals surface area contributed by atoms with Gasteiger partial charge in [0.15, 0.2) is 5.69 Å². The number of methoxy groups -OCH3 is 1. The van der Waals surface area contributed by atoms with Crippen LogP contribution in [0.25, 0.3) is 0 Å². The summed E-state index contributed by atoms with van der Waals surface area (Å²) < 4.78 is 6.19. The molecule has 118 valence electrons. The van der Waals surface area contributed by atoms with Gasteiger partial charge in [-0.3, -0.25) is 9.36 Å². The van der Waals surface area contributed by atoms with Crippen LogP contribution in [0.3, 0.4) is 0 Å². The predicted molar refractivity (Wildman–Crippen MR) is 84.7 cm³/mol.